The van der Waals surface area contributed by atoms with Gasteiger partial charge >= 0.3 is 0 Å². The highest BCUT2D eigenvalue weighted by Gasteiger charge is 2.27. The van der Waals surface area contributed by atoms with Crippen LogP contribution in [0.5, 0.6) is 5.75 Å². The monoisotopic (exact) mass is 545 g/mol. The van der Waals surface area contributed by atoms with Crippen molar-refractivity contribution in [1.29, 1.82) is 0 Å². The minimum atomic E-state index is -4.19. The topological polar surface area (TPSA) is 80.6 Å². The zero-order valence-corrected chi connectivity index (χ0v) is 22.4. The number of benzene rings is 4. The SMILES string of the molecule is CCOc1ccc(N(CC(=O)Nc2ccc3c(c2)c2ccccc2n3CC)S(=O)(=O)c2ccc(F)cc2)cc1. The third-order valence-electron chi connectivity index (χ3n) is 6.50. The summed E-state index contributed by atoms with van der Waals surface area (Å²) in [6.45, 7) is 4.70. The van der Waals surface area contributed by atoms with Crippen LogP contribution in [0.4, 0.5) is 15.8 Å². The molecule has 0 radical (unpaired) electrons. The molecule has 5 rings (SSSR count). The van der Waals surface area contributed by atoms with Crippen molar-refractivity contribution >= 4 is 49.1 Å². The molecule has 0 aliphatic heterocycles. The van der Waals surface area contributed by atoms with E-state index in [9.17, 15) is 17.6 Å². The molecule has 1 N–H and O–H groups in total. The number of nitrogens with one attached hydrogen (secondary N) is 1. The van der Waals surface area contributed by atoms with Crippen molar-refractivity contribution in [2.45, 2.75) is 25.3 Å². The molecule has 0 spiro atoms. The van der Waals surface area contributed by atoms with Crippen LogP contribution < -0.4 is 14.4 Å². The van der Waals surface area contributed by atoms with Gasteiger partial charge in [-0.05, 0) is 86.6 Å². The molecule has 0 bridgehead atoms. The number of nitrogens with zero attached hydrogens (tertiary/aromatic N) is 2. The number of ether oxygens (including phenoxy) is 1. The molecule has 7 nitrogen and oxygen atoms in total. The van der Waals surface area contributed by atoms with Gasteiger partial charge in [-0.15, -0.1) is 0 Å². The summed E-state index contributed by atoms with van der Waals surface area (Å²) >= 11 is 0. The zero-order chi connectivity index (χ0) is 27.6. The molecule has 4 aromatic carbocycles. The number of amides is 1. The summed E-state index contributed by atoms with van der Waals surface area (Å²) in [7, 11) is -4.19. The second kappa shape index (κ2) is 10.8. The van der Waals surface area contributed by atoms with E-state index in [1.54, 1.807) is 30.3 Å². The number of sulfonamides is 1. The summed E-state index contributed by atoms with van der Waals surface area (Å²) in [5.74, 6) is -0.503. The molecule has 39 heavy (non-hydrogen) atoms. The molecule has 0 fully saturated rings. The third-order valence-corrected chi connectivity index (χ3v) is 8.28. The largest absolute Gasteiger partial charge is 0.494 e. The summed E-state index contributed by atoms with van der Waals surface area (Å²) in [6.07, 6.45) is 0. The molecule has 0 aliphatic rings. The van der Waals surface area contributed by atoms with Crippen LogP contribution in [0.25, 0.3) is 21.8 Å². The first-order valence-corrected chi connectivity index (χ1v) is 14.1. The fourth-order valence-electron chi connectivity index (χ4n) is 4.73. The van der Waals surface area contributed by atoms with Gasteiger partial charge in [0.05, 0.1) is 17.2 Å². The molecule has 9 heteroatoms. The number of aromatic nitrogens is 1. The molecule has 5 aromatic rings. The van der Waals surface area contributed by atoms with Gasteiger partial charge in [-0.2, -0.15) is 0 Å². The number of rotatable bonds is 9. The van der Waals surface area contributed by atoms with Gasteiger partial charge in [0.1, 0.15) is 18.1 Å². The minimum absolute atomic E-state index is 0.126. The Balaban J connectivity index is 1.47. The maximum Gasteiger partial charge on any atom is 0.264 e. The lowest BCUT2D eigenvalue weighted by Gasteiger charge is -2.24. The Morgan fingerprint density at radius 1 is 0.897 bits per heavy atom. The Morgan fingerprint density at radius 2 is 1.59 bits per heavy atom. The van der Waals surface area contributed by atoms with Gasteiger partial charge in [-0.1, -0.05) is 18.2 Å². The zero-order valence-electron chi connectivity index (χ0n) is 21.6. The summed E-state index contributed by atoms with van der Waals surface area (Å²) in [4.78, 5) is 13.1. The predicted octanol–water partition coefficient (Wildman–Crippen LogP) is 6.19. The number of para-hydroxylation sites is 1. The maximum absolute atomic E-state index is 13.6. The van der Waals surface area contributed by atoms with Crippen LogP contribution in [0.2, 0.25) is 0 Å². The van der Waals surface area contributed by atoms with Crippen molar-refractivity contribution in [2.75, 3.05) is 22.8 Å². The van der Waals surface area contributed by atoms with Crippen LogP contribution in [0, 0.1) is 5.82 Å². The Morgan fingerprint density at radius 3 is 2.28 bits per heavy atom. The number of hydrogen-bond acceptors (Lipinski definition) is 4. The molecule has 1 heterocycles. The van der Waals surface area contributed by atoms with Gasteiger partial charge < -0.3 is 14.6 Å². The molecule has 0 aliphatic carbocycles. The summed E-state index contributed by atoms with van der Waals surface area (Å²) < 4.78 is 49.4. The van der Waals surface area contributed by atoms with E-state index in [-0.39, 0.29) is 10.6 Å². The van der Waals surface area contributed by atoms with Crippen molar-refractivity contribution < 1.29 is 22.3 Å². The molecule has 0 saturated heterocycles. The van der Waals surface area contributed by atoms with E-state index in [1.165, 1.54) is 12.1 Å². The highest BCUT2D eigenvalue weighted by Crippen LogP contribution is 2.31. The third kappa shape index (κ3) is 5.18. The molecular formula is C30H28FN3O4S. The lowest BCUT2D eigenvalue weighted by atomic mass is 10.1. The van der Waals surface area contributed by atoms with Crippen molar-refractivity contribution in [1.82, 2.24) is 4.57 Å². The lowest BCUT2D eigenvalue weighted by molar-refractivity contribution is -0.114. The molecule has 0 saturated carbocycles. The van der Waals surface area contributed by atoms with Gasteiger partial charge in [0.2, 0.25) is 5.91 Å². The molecule has 1 aromatic heterocycles. The van der Waals surface area contributed by atoms with Crippen molar-refractivity contribution in [3.05, 3.63) is 96.8 Å². The second-order valence-corrected chi connectivity index (χ2v) is 10.8. The van der Waals surface area contributed by atoms with E-state index >= 15 is 0 Å². The number of hydrogen-bond donors (Lipinski definition) is 1. The number of aryl methyl sites for hydroxylation is 1. The van der Waals surface area contributed by atoms with E-state index < -0.39 is 28.3 Å². The van der Waals surface area contributed by atoms with Gasteiger partial charge in [0, 0.05) is 34.0 Å². The highest BCUT2D eigenvalue weighted by molar-refractivity contribution is 7.92. The number of halogens is 1. The van der Waals surface area contributed by atoms with Crippen LogP contribution in [0.1, 0.15) is 13.8 Å². The standard InChI is InChI=1S/C30H28FN3O4S/c1-3-33-28-8-6-5-7-26(28)27-19-22(11-18-29(27)33)32-30(35)20-34(23-12-14-24(15-13-23)38-4-2)39(36,37)25-16-9-21(31)10-17-25/h5-19H,3-4,20H2,1-2H3,(H,32,35). The van der Waals surface area contributed by atoms with E-state index in [4.69, 9.17) is 4.74 Å². The normalized spacial score (nSPS) is 11.6. The Kier molecular flexibility index (Phi) is 7.26. The average molecular weight is 546 g/mol. The van der Waals surface area contributed by atoms with Crippen LogP contribution in [-0.4, -0.2) is 32.0 Å². The van der Waals surface area contributed by atoms with Gasteiger partial charge in [0.25, 0.3) is 10.0 Å². The highest BCUT2D eigenvalue weighted by atomic mass is 32.2. The lowest BCUT2D eigenvalue weighted by Crippen LogP contribution is -2.38. The van der Waals surface area contributed by atoms with Gasteiger partial charge in [0.15, 0.2) is 0 Å². The summed E-state index contributed by atoms with van der Waals surface area (Å²) in [6, 6.07) is 24.7. The minimum Gasteiger partial charge on any atom is -0.494 e. The van der Waals surface area contributed by atoms with Gasteiger partial charge in [-0.25, -0.2) is 12.8 Å². The second-order valence-electron chi connectivity index (χ2n) is 8.93. The first-order valence-electron chi connectivity index (χ1n) is 12.6. The smallest absolute Gasteiger partial charge is 0.264 e. The van der Waals surface area contributed by atoms with Crippen LogP contribution >= 0.6 is 0 Å². The van der Waals surface area contributed by atoms with Crippen LogP contribution in [-0.2, 0) is 21.4 Å². The number of fused-ring (bicyclic) bond motifs is 3. The quantitative estimate of drug-likeness (QED) is 0.240. The predicted molar refractivity (Wildman–Crippen MR) is 152 cm³/mol. The van der Waals surface area contributed by atoms with E-state index in [0.717, 1.165) is 44.8 Å². The van der Waals surface area contributed by atoms with Crippen molar-refractivity contribution in [2.24, 2.45) is 0 Å². The molecule has 0 atom stereocenters. The Hall–Kier alpha value is -4.37. The number of carbonyl (C=O) groups is 1. The first kappa shape index (κ1) is 26.2. The van der Waals surface area contributed by atoms with E-state index in [0.29, 0.717) is 18.0 Å². The maximum atomic E-state index is 13.6. The van der Waals surface area contributed by atoms with E-state index in [2.05, 4.69) is 22.9 Å². The molecule has 200 valence electrons. The Labute approximate surface area is 226 Å². The molecule has 0 unspecified atom stereocenters. The van der Waals surface area contributed by atoms with Crippen LogP contribution in [0.3, 0.4) is 0 Å². The van der Waals surface area contributed by atoms with Crippen molar-refractivity contribution in [3.63, 3.8) is 0 Å². The first-order chi connectivity index (χ1) is 18.8. The fourth-order valence-corrected chi connectivity index (χ4v) is 6.15. The average Bonchev–Trinajstić information content (AvgIpc) is 3.25. The Bertz CT molecular complexity index is 1750. The summed E-state index contributed by atoms with van der Waals surface area (Å²) in [5, 5.41) is 4.91. The fraction of sp³-hybridized carbons (Fsp3) is 0.167. The van der Waals surface area contributed by atoms with Crippen molar-refractivity contribution in [3.8, 4) is 5.75 Å². The molecule has 1 amide bonds. The molecular weight excluding hydrogens is 517 g/mol. The number of anilines is 2. The summed E-state index contributed by atoms with van der Waals surface area (Å²) in [5.41, 5.74) is 2.98. The van der Waals surface area contributed by atoms with Gasteiger partial charge in [-0.3, -0.25) is 9.10 Å². The van der Waals surface area contributed by atoms with Crippen LogP contribution in [0.15, 0.2) is 95.9 Å². The number of carbonyl (C=O) groups excluding carboxylic acids is 1. The van der Waals surface area contributed by atoms with E-state index in [1.807, 2.05) is 37.3 Å².